The van der Waals surface area contributed by atoms with E-state index in [0.717, 1.165) is 16.7 Å². The van der Waals surface area contributed by atoms with E-state index in [0.29, 0.717) is 6.42 Å². The van der Waals surface area contributed by atoms with Crippen molar-refractivity contribution in [3.8, 4) is 0 Å². The van der Waals surface area contributed by atoms with E-state index in [1.807, 2.05) is 0 Å². The first-order valence-electron chi connectivity index (χ1n) is 7.60. The average molecular weight is 380 g/mol. The number of aliphatic carboxylic acids is 3. The summed E-state index contributed by atoms with van der Waals surface area (Å²) in [6.07, 6.45) is -0.117. The Labute approximate surface area is 149 Å². The number of carboxylic acids is 3. The number of hydrogen-bond acceptors (Lipinski definition) is 7. The van der Waals surface area contributed by atoms with E-state index in [4.69, 9.17) is 10.2 Å². The summed E-state index contributed by atoms with van der Waals surface area (Å²) in [6.45, 7) is 0.503. The summed E-state index contributed by atoms with van der Waals surface area (Å²) in [6, 6.07) is -1.27. The number of carbonyl (C=O) groups excluding carboxylic acids is 1. The van der Waals surface area contributed by atoms with E-state index in [-0.39, 0.29) is 30.4 Å². The highest BCUT2D eigenvalue weighted by atomic mass is 32.2. The number of thioether (sulfide) groups is 1. The van der Waals surface area contributed by atoms with Crippen LogP contribution < -0.4 is 5.32 Å². The zero-order chi connectivity index (χ0) is 19.4. The zero-order valence-corrected chi connectivity index (χ0v) is 14.7. The van der Waals surface area contributed by atoms with Crippen LogP contribution in [0, 0.1) is 0 Å². The monoisotopic (exact) mass is 380 g/mol. The molecule has 0 saturated carbocycles. The number of carboxylic acid groups (broad SMARTS) is 3. The summed E-state index contributed by atoms with van der Waals surface area (Å²) in [5.41, 5.74) is 0. The van der Waals surface area contributed by atoms with Crippen molar-refractivity contribution in [2.24, 2.45) is 0 Å². The van der Waals surface area contributed by atoms with Gasteiger partial charge in [0.15, 0.2) is 0 Å². The van der Waals surface area contributed by atoms with Crippen LogP contribution in [0.4, 0.5) is 0 Å². The number of nitrogens with one attached hydrogen (secondary N) is 1. The summed E-state index contributed by atoms with van der Waals surface area (Å²) in [4.78, 5) is 45.3. The van der Waals surface area contributed by atoms with Crippen molar-refractivity contribution in [3.05, 3.63) is 0 Å². The van der Waals surface area contributed by atoms with Crippen LogP contribution in [0.25, 0.3) is 0 Å². The molecular weight excluding hydrogens is 356 g/mol. The standard InChI is InChI=1S/C14H24N2O8S/c1-2-9(17)5-15-11(18)8-25-4-3-10(14(23)24)16(6-12(19)20)7-13(21)22/h9-10,17H,2-8H2,1H3,(H,15,18)(H,19,20)(H,21,22)(H,23,24). The second-order valence-corrected chi connectivity index (χ2v) is 6.36. The van der Waals surface area contributed by atoms with Crippen LogP contribution in [0.15, 0.2) is 0 Å². The lowest BCUT2D eigenvalue weighted by Gasteiger charge is -2.25. The molecule has 10 nitrogen and oxygen atoms in total. The van der Waals surface area contributed by atoms with Gasteiger partial charge in [-0.15, -0.1) is 0 Å². The number of aliphatic hydroxyl groups excluding tert-OH is 1. The molecule has 0 aliphatic carbocycles. The van der Waals surface area contributed by atoms with Crippen LogP contribution in [-0.2, 0) is 19.2 Å². The fourth-order valence-corrected chi connectivity index (χ4v) is 2.69. The second kappa shape index (κ2) is 12.5. The molecule has 0 aromatic heterocycles. The lowest BCUT2D eigenvalue weighted by molar-refractivity contribution is -0.149. The molecule has 0 radical (unpaired) electrons. The fraction of sp³-hybridized carbons (Fsp3) is 0.714. The Bertz CT molecular complexity index is 458. The highest BCUT2D eigenvalue weighted by Crippen LogP contribution is 2.11. The Morgan fingerprint density at radius 1 is 1.08 bits per heavy atom. The smallest absolute Gasteiger partial charge is 0.320 e. The Morgan fingerprint density at radius 3 is 2.08 bits per heavy atom. The van der Waals surface area contributed by atoms with E-state index in [2.05, 4.69) is 5.32 Å². The molecule has 144 valence electrons. The van der Waals surface area contributed by atoms with Gasteiger partial charge in [-0.1, -0.05) is 6.92 Å². The first-order chi connectivity index (χ1) is 11.7. The quantitative estimate of drug-likeness (QED) is 0.234. The predicted octanol–water partition coefficient (Wildman–Crippen LogP) is -1.08. The summed E-state index contributed by atoms with van der Waals surface area (Å²) in [5, 5.41) is 38.6. The van der Waals surface area contributed by atoms with Gasteiger partial charge in [0.2, 0.25) is 5.91 Å². The fourth-order valence-electron chi connectivity index (χ4n) is 1.87. The SMILES string of the molecule is CCC(O)CNC(=O)CSCCC(C(=O)O)N(CC(=O)O)CC(=O)O. The zero-order valence-electron chi connectivity index (χ0n) is 13.9. The van der Waals surface area contributed by atoms with E-state index < -0.39 is 43.1 Å². The number of hydrogen-bond donors (Lipinski definition) is 5. The third kappa shape index (κ3) is 11.3. The largest absolute Gasteiger partial charge is 0.480 e. The molecule has 1 amide bonds. The van der Waals surface area contributed by atoms with Crippen LogP contribution >= 0.6 is 11.8 Å². The number of amides is 1. The summed E-state index contributed by atoms with van der Waals surface area (Å²) >= 11 is 1.14. The molecule has 11 heteroatoms. The molecule has 0 saturated heterocycles. The Balaban J connectivity index is 4.42. The maximum absolute atomic E-state index is 11.5. The maximum Gasteiger partial charge on any atom is 0.320 e. The van der Waals surface area contributed by atoms with Crippen LogP contribution in [0.2, 0.25) is 0 Å². The molecule has 0 rings (SSSR count). The van der Waals surface area contributed by atoms with Gasteiger partial charge in [0.25, 0.3) is 0 Å². The number of rotatable bonds is 14. The molecule has 0 aliphatic rings. The first-order valence-corrected chi connectivity index (χ1v) is 8.75. The molecule has 0 bridgehead atoms. The molecule has 2 unspecified atom stereocenters. The van der Waals surface area contributed by atoms with E-state index >= 15 is 0 Å². The topological polar surface area (TPSA) is 164 Å². The van der Waals surface area contributed by atoms with Crippen molar-refractivity contribution >= 4 is 35.6 Å². The van der Waals surface area contributed by atoms with Gasteiger partial charge in [-0.2, -0.15) is 11.8 Å². The van der Waals surface area contributed by atoms with Crippen molar-refractivity contribution in [3.63, 3.8) is 0 Å². The molecule has 0 heterocycles. The lowest BCUT2D eigenvalue weighted by atomic mass is 10.2. The maximum atomic E-state index is 11.5. The highest BCUT2D eigenvalue weighted by Gasteiger charge is 2.28. The lowest BCUT2D eigenvalue weighted by Crippen LogP contribution is -2.46. The van der Waals surface area contributed by atoms with Crippen LogP contribution in [0.5, 0.6) is 0 Å². The third-order valence-corrected chi connectivity index (χ3v) is 4.17. The third-order valence-electron chi connectivity index (χ3n) is 3.18. The molecule has 0 aromatic rings. The van der Waals surface area contributed by atoms with Gasteiger partial charge in [0.1, 0.15) is 6.04 Å². The van der Waals surface area contributed by atoms with Crippen molar-refractivity contribution in [1.29, 1.82) is 0 Å². The molecule has 25 heavy (non-hydrogen) atoms. The molecule has 0 aromatic carbocycles. The van der Waals surface area contributed by atoms with E-state index in [1.54, 1.807) is 6.92 Å². The van der Waals surface area contributed by atoms with Crippen LogP contribution in [0.1, 0.15) is 19.8 Å². The van der Waals surface area contributed by atoms with Crippen molar-refractivity contribution < 1.29 is 39.6 Å². The molecule has 0 spiro atoms. The van der Waals surface area contributed by atoms with Gasteiger partial charge >= 0.3 is 17.9 Å². The van der Waals surface area contributed by atoms with E-state index in [1.165, 1.54) is 0 Å². The predicted molar refractivity (Wildman–Crippen MR) is 89.5 cm³/mol. The van der Waals surface area contributed by atoms with Gasteiger partial charge in [-0.3, -0.25) is 24.1 Å². The Hall–Kier alpha value is -1.85. The minimum absolute atomic E-state index is 0.00851. The van der Waals surface area contributed by atoms with Crippen LogP contribution in [0.3, 0.4) is 0 Å². The molecule has 0 aliphatic heterocycles. The van der Waals surface area contributed by atoms with Gasteiger partial charge in [-0.25, -0.2) is 0 Å². The van der Waals surface area contributed by atoms with Crippen molar-refractivity contribution in [1.82, 2.24) is 10.2 Å². The molecular formula is C14H24N2O8S. The summed E-state index contributed by atoms with van der Waals surface area (Å²) in [5.74, 6) is -3.99. The average Bonchev–Trinajstić information content (AvgIpc) is 2.50. The van der Waals surface area contributed by atoms with Crippen molar-refractivity contribution in [2.75, 3.05) is 31.1 Å². The summed E-state index contributed by atoms with van der Waals surface area (Å²) < 4.78 is 0. The number of carbonyl (C=O) groups is 4. The summed E-state index contributed by atoms with van der Waals surface area (Å²) in [7, 11) is 0. The molecule has 0 fully saturated rings. The van der Waals surface area contributed by atoms with Crippen LogP contribution in [-0.4, -0.2) is 92.4 Å². The number of aliphatic hydroxyl groups is 1. The van der Waals surface area contributed by atoms with Crippen molar-refractivity contribution in [2.45, 2.75) is 31.9 Å². The van der Waals surface area contributed by atoms with Gasteiger partial charge in [-0.05, 0) is 18.6 Å². The molecule has 5 N–H and O–H groups in total. The van der Waals surface area contributed by atoms with E-state index in [9.17, 15) is 29.4 Å². The number of nitrogens with zero attached hydrogens (tertiary/aromatic N) is 1. The highest BCUT2D eigenvalue weighted by molar-refractivity contribution is 7.99. The normalized spacial score (nSPS) is 13.2. The Kier molecular flexibility index (Phi) is 11.6. The minimum atomic E-state index is -1.32. The Morgan fingerprint density at radius 2 is 1.64 bits per heavy atom. The van der Waals surface area contributed by atoms with Gasteiger partial charge < -0.3 is 25.7 Å². The second-order valence-electron chi connectivity index (χ2n) is 5.25. The van der Waals surface area contributed by atoms with Gasteiger partial charge in [0.05, 0.1) is 24.9 Å². The first kappa shape index (κ1) is 23.1. The minimum Gasteiger partial charge on any atom is -0.480 e. The molecule has 2 atom stereocenters. The van der Waals surface area contributed by atoms with Gasteiger partial charge in [0, 0.05) is 6.54 Å².